The van der Waals surface area contributed by atoms with Crippen LogP contribution in [0.4, 0.5) is 0 Å². The zero-order valence-electron chi connectivity index (χ0n) is 75.6. The van der Waals surface area contributed by atoms with Crippen LogP contribution in [0.15, 0.2) is 333 Å². The molecule has 0 atom stereocenters. The first-order chi connectivity index (χ1) is 63.0. The molecule has 0 fully saturated rings. The summed E-state index contributed by atoms with van der Waals surface area (Å²) in [6.07, 6.45) is 24.9. The molecule has 0 amide bonds. The topological polar surface area (TPSA) is 172 Å². The zero-order chi connectivity index (χ0) is 89.4. The van der Waals surface area contributed by atoms with E-state index in [2.05, 4.69) is 250 Å². The summed E-state index contributed by atoms with van der Waals surface area (Å²) in [5, 5.41) is 12.5. The average molecular weight is 1710 g/mol. The Kier molecular flexibility index (Phi) is 30.2. The molecule has 0 saturated heterocycles. The fraction of sp³-hybridized carbons (Fsp3) is 0.193. The number of hydrogen-bond donors (Lipinski definition) is 0. The van der Waals surface area contributed by atoms with Crippen LogP contribution in [0, 0.1) is 76.2 Å². The molecule has 129 heavy (non-hydrogen) atoms. The quantitative estimate of drug-likeness (QED) is 0.131. The van der Waals surface area contributed by atoms with Crippen molar-refractivity contribution in [2.75, 3.05) is 0 Å². The fourth-order valence-electron chi connectivity index (χ4n) is 16.8. The van der Waals surface area contributed by atoms with Gasteiger partial charge in [-0.25, -0.2) is 15.0 Å². The van der Waals surface area contributed by atoms with Crippen LogP contribution < -0.4 is 0 Å². The van der Waals surface area contributed by atoms with Crippen LogP contribution in [-0.4, -0.2) is 64.2 Å². The van der Waals surface area contributed by atoms with Gasteiger partial charge in [-0.15, -0.1) is 11.3 Å². The minimum Gasteiger partial charge on any atom is -0.464 e. The number of benzene rings is 9. The minimum absolute atomic E-state index is 0.910. The van der Waals surface area contributed by atoms with Gasteiger partial charge in [0.2, 0.25) is 0 Å². The van der Waals surface area contributed by atoms with Gasteiger partial charge < -0.3 is 8.82 Å². The molecule has 0 spiro atoms. The van der Waals surface area contributed by atoms with Gasteiger partial charge in [-0.05, 0) is 301 Å². The van der Waals surface area contributed by atoms with Crippen molar-refractivity contribution in [2.45, 2.75) is 147 Å². The maximum atomic E-state index is 5.16. The number of furan rings is 1. The summed E-state index contributed by atoms with van der Waals surface area (Å²) in [4.78, 5) is 52.6. The molecular formula is C114H109N13OS. The number of hydrogen-bond acceptors (Lipinski definition) is 14. The molecular weight excluding hydrogens is 1600 g/mol. The molecule has 13 aromatic heterocycles. The molecule has 642 valence electrons. The van der Waals surface area contributed by atoms with Crippen LogP contribution >= 0.6 is 11.3 Å². The lowest BCUT2D eigenvalue weighted by Gasteiger charge is -2.19. The highest BCUT2D eigenvalue weighted by atomic mass is 32.1. The highest BCUT2D eigenvalue weighted by Crippen LogP contribution is 2.33. The summed E-state index contributed by atoms with van der Waals surface area (Å²) in [6.45, 7) is 22.4. The van der Waals surface area contributed by atoms with Crippen molar-refractivity contribution in [3.05, 3.63) is 424 Å². The van der Waals surface area contributed by atoms with E-state index in [1.807, 2.05) is 194 Å². The van der Waals surface area contributed by atoms with E-state index in [4.69, 9.17) is 4.42 Å². The van der Waals surface area contributed by atoms with E-state index >= 15 is 0 Å². The number of aryl methyl sites for hydroxylation is 15. The van der Waals surface area contributed by atoms with Crippen LogP contribution in [0.25, 0.3) is 114 Å². The molecule has 25 rings (SSSR count). The van der Waals surface area contributed by atoms with Crippen LogP contribution in [-0.2, 0) is 38.5 Å². The van der Waals surface area contributed by atoms with Crippen molar-refractivity contribution in [1.82, 2.24) is 64.2 Å². The Bertz CT molecular complexity index is 7420. The third kappa shape index (κ3) is 23.0. The lowest BCUT2D eigenvalue weighted by molar-refractivity contribution is 0.615. The molecule has 3 aliphatic rings. The number of pyridine rings is 8. The number of para-hydroxylation sites is 9. The molecule has 0 saturated carbocycles. The predicted molar refractivity (Wildman–Crippen MR) is 538 cm³/mol. The third-order valence-electron chi connectivity index (χ3n) is 23.2. The summed E-state index contributed by atoms with van der Waals surface area (Å²) in [6, 6.07) is 98.7. The van der Waals surface area contributed by atoms with E-state index in [1.165, 1.54) is 158 Å². The van der Waals surface area contributed by atoms with E-state index in [9.17, 15) is 0 Å². The van der Waals surface area contributed by atoms with Crippen molar-refractivity contribution in [3.8, 4) is 0 Å². The Balaban J connectivity index is 0.000000110. The Labute approximate surface area is 759 Å². The predicted octanol–water partition coefficient (Wildman–Crippen LogP) is 28.4. The lowest BCUT2D eigenvalue weighted by Crippen LogP contribution is -2.07. The second kappa shape index (κ2) is 43.6. The maximum absolute atomic E-state index is 5.16. The number of nitrogens with zero attached hydrogens (tertiary/aromatic N) is 13. The highest BCUT2D eigenvalue weighted by Gasteiger charge is 2.19. The van der Waals surface area contributed by atoms with E-state index in [0.717, 1.165) is 111 Å². The first kappa shape index (κ1) is 89.3. The lowest BCUT2D eigenvalue weighted by atomic mass is 9.88. The molecule has 22 aromatic rings. The third-order valence-corrected chi connectivity index (χ3v) is 24.2. The Morgan fingerprint density at radius 1 is 0.264 bits per heavy atom. The van der Waals surface area contributed by atoms with Gasteiger partial charge in [0.15, 0.2) is 0 Å². The largest absolute Gasteiger partial charge is 0.464 e. The second-order valence-corrected chi connectivity index (χ2v) is 33.8. The summed E-state index contributed by atoms with van der Waals surface area (Å²) in [7, 11) is 0. The molecule has 9 aromatic carbocycles. The van der Waals surface area contributed by atoms with Gasteiger partial charge in [-0.2, -0.15) is 0 Å². The molecule has 0 bridgehead atoms. The van der Waals surface area contributed by atoms with Gasteiger partial charge in [0.25, 0.3) is 0 Å². The van der Waals surface area contributed by atoms with Gasteiger partial charge in [0.05, 0.1) is 82.5 Å². The van der Waals surface area contributed by atoms with Gasteiger partial charge in [0, 0.05) is 120 Å². The molecule has 15 heteroatoms. The number of thiazole rings is 1. The van der Waals surface area contributed by atoms with Crippen molar-refractivity contribution in [1.29, 1.82) is 0 Å². The maximum Gasteiger partial charge on any atom is 0.137 e. The average Bonchev–Trinajstić information content (AvgIpc) is 1.69. The van der Waals surface area contributed by atoms with E-state index in [-0.39, 0.29) is 0 Å². The summed E-state index contributed by atoms with van der Waals surface area (Å²) >= 11 is 1.74. The normalized spacial score (nSPS) is 12.0. The van der Waals surface area contributed by atoms with E-state index < -0.39 is 0 Å². The Morgan fingerprint density at radius 3 is 1.44 bits per heavy atom. The molecule has 14 nitrogen and oxygen atoms in total. The van der Waals surface area contributed by atoms with Gasteiger partial charge >= 0.3 is 0 Å². The summed E-state index contributed by atoms with van der Waals surface area (Å²) in [5.41, 5.74) is 31.8. The fourth-order valence-corrected chi connectivity index (χ4v) is 17.6. The Hall–Kier alpha value is -14.5. The monoisotopic (exact) mass is 1710 g/mol. The summed E-state index contributed by atoms with van der Waals surface area (Å²) in [5.74, 6) is 0. The number of rotatable bonds is 0. The van der Waals surface area contributed by atoms with Crippen LogP contribution in [0.2, 0.25) is 0 Å². The van der Waals surface area contributed by atoms with Gasteiger partial charge in [-0.3, -0.25) is 44.9 Å². The molecule has 0 aliphatic heterocycles. The number of fused-ring (bicyclic) bond motifs is 18. The van der Waals surface area contributed by atoms with Crippen LogP contribution in [0.1, 0.15) is 128 Å². The molecule has 0 N–H and O–H groups in total. The molecule has 0 unspecified atom stereocenters. The van der Waals surface area contributed by atoms with Crippen LogP contribution in [0.3, 0.4) is 0 Å². The minimum atomic E-state index is 0.910. The van der Waals surface area contributed by atoms with E-state index in [1.54, 1.807) is 47.3 Å². The zero-order valence-corrected chi connectivity index (χ0v) is 76.4. The van der Waals surface area contributed by atoms with Crippen molar-refractivity contribution in [3.63, 3.8) is 0 Å². The van der Waals surface area contributed by atoms with Gasteiger partial charge in [-0.1, -0.05) is 176 Å². The summed E-state index contributed by atoms with van der Waals surface area (Å²) < 4.78 is 8.61. The SMILES string of the molecule is Cc1ccc2c(n1)CCCC2.Cc1ccc2ccccc2n1.Cc1ccccn1.Cc1cnc2ccccc2n1.Cc1nc2ccccc2c2c1CCC2.Cc1nc2ccccc2c2c1CCCC2.Cc1nc2ccccc2c2ccccc12.Cc1nc2ccccc2n2cccc12.Cc1nc2ccccc2s1.Cc1nccc2ccccc12.Cc1nccc2occc12. The van der Waals surface area contributed by atoms with Crippen molar-refractivity contribution in [2.24, 2.45) is 0 Å². The van der Waals surface area contributed by atoms with Gasteiger partial charge in [0.1, 0.15) is 5.58 Å². The standard InChI is InChI=1S/C14H15N.C14H11N.C13H13N.C12H10N2.C10H9N.C10H13N.C10H9N.C9H8N2.C8H7NO.C8H7NS.C6H7N/c2*1-10-11-6-2-3-7-12(11)13-8-4-5-9-14(13)15-10;1-9-10-6-4-7-11(10)12-5-2-3-8-13(12)14-9;1-9-11-7-4-8-14(11)12-6-3-2-5-10(12)13-9;1-8-10-5-3-2-4-9(10)6-7-11-8;2*1-8-6-7-9-4-2-3-5-10(9)11-8;1-7-6-10-8-4-2-3-5-9(8)11-7;1-6-7-3-5-10-8(7)2-4-9-6;1-6-9-7-4-2-3-5-8(7)10-6;1-6-4-2-3-5-7-6/h4-5,8-9H,2-3,6-7H2,1H3;2-9H,1H3;2-3,5,8H,4,6-7H2,1H3;2-8H,1H3;2-7H,1H3;6-7H,2-5H2,1H3;2-7H,1H3;2-6H,1H3;2*2-5H,1H3;2-5H,1H3. The first-order valence-electron chi connectivity index (χ1n) is 44.6. The molecule has 0 radical (unpaired) electrons. The smallest absolute Gasteiger partial charge is 0.137 e. The first-order valence-corrected chi connectivity index (χ1v) is 45.4. The number of aromatic nitrogens is 13. The Morgan fingerprint density at radius 2 is 0.767 bits per heavy atom. The molecule has 3 aliphatic carbocycles. The van der Waals surface area contributed by atoms with Crippen LogP contribution in [0.5, 0.6) is 0 Å². The van der Waals surface area contributed by atoms with Crippen molar-refractivity contribution >= 4 is 125 Å². The second-order valence-electron chi connectivity index (χ2n) is 32.5. The highest BCUT2D eigenvalue weighted by molar-refractivity contribution is 7.18. The molecule has 13 heterocycles. The van der Waals surface area contributed by atoms with Crippen molar-refractivity contribution < 1.29 is 4.42 Å². The van der Waals surface area contributed by atoms with E-state index in [0.29, 0.717) is 0 Å².